The van der Waals surface area contributed by atoms with E-state index in [4.69, 9.17) is 4.55 Å². The molecule has 0 spiro atoms. The van der Waals surface area contributed by atoms with Crippen LogP contribution in [0.1, 0.15) is 13.3 Å². The summed E-state index contributed by atoms with van der Waals surface area (Å²) in [5.74, 6) is -0.580. The summed E-state index contributed by atoms with van der Waals surface area (Å²) in [7, 11) is -3.96. The van der Waals surface area contributed by atoms with E-state index in [1.807, 2.05) is 0 Å². The molecule has 0 aromatic rings. The van der Waals surface area contributed by atoms with Crippen LogP contribution in [0.3, 0.4) is 0 Å². The Morgan fingerprint density at radius 1 is 1.42 bits per heavy atom. The summed E-state index contributed by atoms with van der Waals surface area (Å²) in [5, 5.41) is 5.39. The fourth-order valence-corrected chi connectivity index (χ4v) is 1.50. The predicted molar refractivity (Wildman–Crippen MR) is 74.5 cm³/mol. The Morgan fingerprint density at radius 2 is 2.11 bits per heavy atom. The first-order valence-corrected chi connectivity index (χ1v) is 7.24. The van der Waals surface area contributed by atoms with Crippen LogP contribution in [-0.2, 0) is 14.9 Å². The van der Waals surface area contributed by atoms with E-state index in [0.29, 0.717) is 12.2 Å². The minimum Gasteiger partial charge on any atom is -0.326 e. The van der Waals surface area contributed by atoms with Gasteiger partial charge in [0.25, 0.3) is 10.1 Å². The smallest absolute Gasteiger partial charge is 0.266 e. The van der Waals surface area contributed by atoms with Gasteiger partial charge in [-0.1, -0.05) is 6.08 Å². The van der Waals surface area contributed by atoms with Crippen LogP contribution < -0.4 is 10.6 Å². The zero-order valence-electron chi connectivity index (χ0n) is 10.8. The van der Waals surface area contributed by atoms with Gasteiger partial charge in [-0.15, -0.1) is 0 Å². The fraction of sp³-hybridized carbons (Fsp3) is 0.455. The Bertz CT molecular complexity index is 455. The first-order chi connectivity index (χ1) is 8.89. The molecular formula is C11H19N3O4S. The predicted octanol–water partition coefficient (Wildman–Crippen LogP) is 0.0882. The lowest BCUT2D eigenvalue weighted by molar-refractivity contribution is -0.120. The van der Waals surface area contributed by atoms with E-state index < -0.39 is 10.1 Å². The molecule has 3 N–H and O–H groups in total. The number of carbonyl (C=O) groups excluding carboxylic acids is 1. The Labute approximate surface area is 113 Å². The minimum absolute atomic E-state index is 0.100. The van der Waals surface area contributed by atoms with Crippen LogP contribution in [0, 0.1) is 0 Å². The van der Waals surface area contributed by atoms with Gasteiger partial charge in [0.15, 0.2) is 0 Å². The van der Waals surface area contributed by atoms with Gasteiger partial charge < -0.3 is 10.6 Å². The van der Waals surface area contributed by atoms with Crippen LogP contribution >= 0.6 is 0 Å². The van der Waals surface area contributed by atoms with Crippen LogP contribution in [0.15, 0.2) is 29.0 Å². The van der Waals surface area contributed by atoms with Gasteiger partial charge in [-0.05, 0) is 19.7 Å². The lowest BCUT2D eigenvalue weighted by atomic mass is 10.3. The molecule has 0 aliphatic rings. The second-order valence-electron chi connectivity index (χ2n) is 3.58. The Kier molecular flexibility index (Phi) is 8.68. The average molecular weight is 289 g/mol. The van der Waals surface area contributed by atoms with E-state index in [1.54, 1.807) is 19.1 Å². The van der Waals surface area contributed by atoms with E-state index in [-0.39, 0.29) is 24.6 Å². The van der Waals surface area contributed by atoms with Gasteiger partial charge in [-0.2, -0.15) is 8.42 Å². The molecule has 0 saturated heterocycles. The van der Waals surface area contributed by atoms with Crippen molar-refractivity contribution in [3.8, 4) is 0 Å². The van der Waals surface area contributed by atoms with Crippen molar-refractivity contribution in [2.75, 3.05) is 18.8 Å². The van der Waals surface area contributed by atoms with E-state index in [1.165, 1.54) is 6.20 Å². The number of hydrogen-bond donors (Lipinski definition) is 3. The standard InChI is InChI=1S/C11H19N3O4S/c1-3-10(4-6-12-2)14-11(15)5-7-13-8-9-19(16,17)18/h3-4,6,13H,2,5,7-9H2,1H3,(H,14,15)(H,16,17,18)/b6-4-,10-3+. The Balaban J connectivity index is 3.87. The molecule has 1 amide bonds. The van der Waals surface area contributed by atoms with Crippen molar-refractivity contribution in [1.29, 1.82) is 0 Å². The van der Waals surface area contributed by atoms with Gasteiger partial charge in [-0.3, -0.25) is 14.3 Å². The number of rotatable bonds is 9. The highest BCUT2D eigenvalue weighted by molar-refractivity contribution is 7.85. The van der Waals surface area contributed by atoms with Gasteiger partial charge >= 0.3 is 0 Å². The highest BCUT2D eigenvalue weighted by atomic mass is 32.2. The molecule has 0 fully saturated rings. The number of amides is 1. The fourth-order valence-electron chi connectivity index (χ4n) is 1.09. The quantitative estimate of drug-likeness (QED) is 0.241. The van der Waals surface area contributed by atoms with E-state index in [9.17, 15) is 13.2 Å². The minimum atomic E-state index is -3.96. The molecule has 19 heavy (non-hydrogen) atoms. The highest BCUT2D eigenvalue weighted by Gasteiger charge is 2.04. The van der Waals surface area contributed by atoms with Gasteiger partial charge in [0.2, 0.25) is 5.91 Å². The van der Waals surface area contributed by atoms with Crippen molar-refractivity contribution < 1.29 is 17.8 Å². The first kappa shape index (κ1) is 17.5. The number of hydrogen-bond acceptors (Lipinski definition) is 5. The third-order valence-electron chi connectivity index (χ3n) is 2.02. The zero-order chi connectivity index (χ0) is 14.7. The second kappa shape index (κ2) is 9.42. The van der Waals surface area contributed by atoms with Crippen LogP contribution in [-0.4, -0.2) is 44.4 Å². The van der Waals surface area contributed by atoms with Gasteiger partial charge in [0.1, 0.15) is 0 Å². The van der Waals surface area contributed by atoms with Crippen molar-refractivity contribution >= 4 is 22.7 Å². The second-order valence-corrected chi connectivity index (χ2v) is 5.15. The summed E-state index contributed by atoms with van der Waals surface area (Å²) in [6, 6.07) is 0. The SMILES string of the molecule is C=N/C=C\C(=C/C)NC(=O)CCNCCS(=O)(=O)O. The highest BCUT2D eigenvalue weighted by Crippen LogP contribution is 1.93. The molecule has 8 heteroatoms. The maximum atomic E-state index is 11.5. The third kappa shape index (κ3) is 11.3. The monoisotopic (exact) mass is 289 g/mol. The van der Waals surface area contributed by atoms with Crippen LogP contribution in [0.25, 0.3) is 0 Å². The molecule has 0 atom stereocenters. The van der Waals surface area contributed by atoms with Crippen LogP contribution in [0.5, 0.6) is 0 Å². The maximum absolute atomic E-state index is 11.5. The van der Waals surface area contributed by atoms with Gasteiger partial charge in [0, 0.05) is 31.4 Å². The molecule has 0 aromatic heterocycles. The number of carbonyl (C=O) groups is 1. The molecule has 0 unspecified atom stereocenters. The van der Waals surface area contributed by atoms with E-state index >= 15 is 0 Å². The molecule has 7 nitrogen and oxygen atoms in total. The van der Waals surface area contributed by atoms with Crippen LogP contribution in [0.2, 0.25) is 0 Å². The van der Waals surface area contributed by atoms with Gasteiger partial charge in [-0.25, -0.2) is 0 Å². The number of nitrogens with one attached hydrogen (secondary N) is 2. The molecule has 0 saturated carbocycles. The van der Waals surface area contributed by atoms with Crippen molar-refractivity contribution in [3.63, 3.8) is 0 Å². The molecule has 0 rings (SSSR count). The lowest BCUT2D eigenvalue weighted by Gasteiger charge is -2.06. The largest absolute Gasteiger partial charge is 0.326 e. The average Bonchev–Trinajstić information content (AvgIpc) is 2.32. The van der Waals surface area contributed by atoms with E-state index in [2.05, 4.69) is 22.3 Å². The molecular weight excluding hydrogens is 270 g/mol. The first-order valence-electron chi connectivity index (χ1n) is 5.63. The summed E-state index contributed by atoms with van der Waals surface area (Å²) in [6.45, 7) is 5.47. The summed E-state index contributed by atoms with van der Waals surface area (Å²) in [4.78, 5) is 15.0. The molecule has 0 heterocycles. The lowest BCUT2D eigenvalue weighted by Crippen LogP contribution is -2.29. The molecule has 0 bridgehead atoms. The van der Waals surface area contributed by atoms with Crippen LogP contribution in [0.4, 0.5) is 0 Å². The zero-order valence-corrected chi connectivity index (χ0v) is 11.6. The molecule has 0 aliphatic heterocycles. The topological polar surface area (TPSA) is 108 Å². The normalized spacial score (nSPS) is 12.6. The number of aliphatic imine (C=N–C) groups is 1. The molecule has 108 valence electrons. The Morgan fingerprint density at radius 3 is 2.63 bits per heavy atom. The van der Waals surface area contributed by atoms with Gasteiger partial charge in [0.05, 0.1) is 5.75 Å². The van der Waals surface area contributed by atoms with E-state index in [0.717, 1.165) is 0 Å². The molecule has 0 radical (unpaired) electrons. The summed E-state index contributed by atoms with van der Waals surface area (Å²) < 4.78 is 29.3. The van der Waals surface area contributed by atoms with Crippen molar-refractivity contribution in [3.05, 3.63) is 24.0 Å². The third-order valence-corrected chi connectivity index (χ3v) is 2.74. The Hall–Kier alpha value is -1.51. The number of nitrogens with zero attached hydrogens (tertiary/aromatic N) is 1. The molecule has 0 aliphatic carbocycles. The molecule has 0 aromatic carbocycles. The number of allylic oxidation sites excluding steroid dienone is 2. The van der Waals surface area contributed by atoms with Crippen molar-refractivity contribution in [1.82, 2.24) is 10.6 Å². The summed E-state index contributed by atoms with van der Waals surface area (Å²) >= 11 is 0. The maximum Gasteiger partial charge on any atom is 0.266 e. The summed E-state index contributed by atoms with van der Waals surface area (Å²) in [6.07, 6.45) is 4.97. The van der Waals surface area contributed by atoms with Crippen molar-refractivity contribution in [2.45, 2.75) is 13.3 Å². The van der Waals surface area contributed by atoms with Crippen molar-refractivity contribution in [2.24, 2.45) is 4.99 Å². The summed E-state index contributed by atoms with van der Waals surface area (Å²) in [5.41, 5.74) is 0.607.